The first-order chi connectivity index (χ1) is 8.40. The number of carbonyl (C=O) groups excluding carboxylic acids is 1. The Labute approximate surface area is 119 Å². The van der Waals surface area contributed by atoms with E-state index < -0.39 is 5.60 Å². The van der Waals surface area contributed by atoms with Gasteiger partial charge in [-0.3, -0.25) is 0 Å². The highest BCUT2D eigenvalue weighted by atomic mass is 79.9. The highest BCUT2D eigenvalue weighted by Crippen LogP contribution is 2.28. The first kappa shape index (κ1) is 15.8. The zero-order valence-electron chi connectivity index (χ0n) is 11.8. The molecule has 1 aliphatic rings. The molecule has 1 saturated carbocycles. The summed E-state index contributed by atoms with van der Waals surface area (Å²) in [4.78, 5) is 11.6. The first-order valence-corrected chi connectivity index (χ1v) is 8.08. The number of ether oxygens (including phenoxy) is 1. The van der Waals surface area contributed by atoms with E-state index >= 15 is 0 Å². The lowest BCUT2D eigenvalue weighted by molar-refractivity contribution is 0.0486. The molecule has 1 aliphatic carbocycles. The Bertz CT molecular complexity index is 255. The van der Waals surface area contributed by atoms with Crippen molar-refractivity contribution in [1.29, 1.82) is 0 Å². The van der Waals surface area contributed by atoms with Crippen molar-refractivity contribution in [2.24, 2.45) is 5.92 Å². The molecule has 0 saturated heterocycles. The number of amides is 1. The second-order valence-electron chi connectivity index (χ2n) is 6.20. The Morgan fingerprint density at radius 1 is 1.28 bits per heavy atom. The Morgan fingerprint density at radius 3 is 2.39 bits per heavy atom. The highest BCUT2D eigenvalue weighted by Gasteiger charge is 2.24. The van der Waals surface area contributed by atoms with E-state index in [4.69, 9.17) is 4.74 Å². The maximum atomic E-state index is 11.6. The minimum atomic E-state index is -0.406. The molecule has 1 amide bonds. The lowest BCUT2D eigenvalue weighted by Gasteiger charge is -2.30. The van der Waals surface area contributed by atoms with Gasteiger partial charge in [0.1, 0.15) is 5.60 Å². The van der Waals surface area contributed by atoms with Crippen LogP contribution in [-0.2, 0) is 4.74 Å². The Balaban J connectivity index is 2.21. The van der Waals surface area contributed by atoms with Crippen LogP contribution in [0.4, 0.5) is 4.79 Å². The average Bonchev–Trinajstić information content (AvgIpc) is 2.25. The molecule has 0 aromatic rings. The van der Waals surface area contributed by atoms with Crippen molar-refractivity contribution in [2.45, 2.75) is 70.9 Å². The van der Waals surface area contributed by atoms with Crippen molar-refractivity contribution in [1.82, 2.24) is 5.32 Å². The molecule has 0 aromatic heterocycles. The van der Waals surface area contributed by atoms with Gasteiger partial charge in [-0.2, -0.15) is 0 Å². The van der Waals surface area contributed by atoms with Gasteiger partial charge in [0.2, 0.25) is 0 Å². The zero-order valence-corrected chi connectivity index (χ0v) is 13.4. The SMILES string of the molecule is CC(C)(C)OC(=O)NC1CCC(CCCBr)CC1. The molecule has 106 valence electrons. The number of alkyl carbamates (subject to hydrolysis) is 1. The molecule has 0 heterocycles. The monoisotopic (exact) mass is 319 g/mol. The fourth-order valence-corrected chi connectivity index (χ4v) is 2.76. The summed E-state index contributed by atoms with van der Waals surface area (Å²) in [6.07, 6.45) is 6.94. The molecule has 0 aliphatic heterocycles. The first-order valence-electron chi connectivity index (χ1n) is 6.96. The molecule has 1 rings (SSSR count). The summed E-state index contributed by atoms with van der Waals surface area (Å²) in [5.41, 5.74) is -0.406. The van der Waals surface area contributed by atoms with Gasteiger partial charge in [-0.25, -0.2) is 4.79 Å². The van der Waals surface area contributed by atoms with Crippen molar-refractivity contribution < 1.29 is 9.53 Å². The Kier molecular flexibility index (Phi) is 6.47. The van der Waals surface area contributed by atoms with Crippen molar-refractivity contribution in [3.63, 3.8) is 0 Å². The van der Waals surface area contributed by atoms with Gasteiger partial charge in [0.15, 0.2) is 0 Å². The molecule has 0 atom stereocenters. The Hall–Kier alpha value is -0.250. The predicted octanol–water partition coefficient (Wildman–Crippen LogP) is 4.25. The van der Waals surface area contributed by atoms with Crippen LogP contribution >= 0.6 is 15.9 Å². The number of rotatable bonds is 4. The van der Waals surface area contributed by atoms with Gasteiger partial charge in [0.25, 0.3) is 0 Å². The summed E-state index contributed by atoms with van der Waals surface area (Å²) in [6, 6.07) is 0.306. The van der Waals surface area contributed by atoms with E-state index in [9.17, 15) is 4.79 Å². The van der Waals surface area contributed by atoms with Crippen LogP contribution in [0.15, 0.2) is 0 Å². The van der Waals surface area contributed by atoms with Gasteiger partial charge in [-0.15, -0.1) is 0 Å². The molecule has 0 aromatic carbocycles. The van der Waals surface area contributed by atoms with Crippen LogP contribution in [0.1, 0.15) is 59.3 Å². The quantitative estimate of drug-likeness (QED) is 0.787. The highest BCUT2D eigenvalue weighted by molar-refractivity contribution is 9.09. The van der Waals surface area contributed by atoms with Crippen LogP contribution in [0.25, 0.3) is 0 Å². The topological polar surface area (TPSA) is 38.3 Å². The van der Waals surface area contributed by atoms with Crippen LogP contribution in [0.5, 0.6) is 0 Å². The molecule has 0 spiro atoms. The summed E-state index contributed by atoms with van der Waals surface area (Å²) in [5.74, 6) is 0.847. The molecule has 3 nitrogen and oxygen atoms in total. The lowest BCUT2D eigenvalue weighted by atomic mass is 9.83. The third kappa shape index (κ3) is 6.62. The van der Waals surface area contributed by atoms with Crippen LogP contribution in [-0.4, -0.2) is 23.1 Å². The van der Waals surface area contributed by atoms with E-state index in [1.165, 1.54) is 25.7 Å². The van der Waals surface area contributed by atoms with E-state index in [0.717, 1.165) is 24.1 Å². The van der Waals surface area contributed by atoms with E-state index in [0.29, 0.717) is 6.04 Å². The fourth-order valence-electron chi connectivity index (χ4n) is 2.44. The Morgan fingerprint density at radius 2 is 1.89 bits per heavy atom. The van der Waals surface area contributed by atoms with Crippen molar-refractivity contribution in [2.75, 3.05) is 5.33 Å². The van der Waals surface area contributed by atoms with Gasteiger partial charge in [-0.1, -0.05) is 15.9 Å². The third-order valence-electron chi connectivity index (χ3n) is 3.31. The van der Waals surface area contributed by atoms with Crippen molar-refractivity contribution >= 4 is 22.0 Å². The normalized spacial score (nSPS) is 24.7. The minimum Gasteiger partial charge on any atom is -0.444 e. The van der Waals surface area contributed by atoms with Gasteiger partial charge >= 0.3 is 6.09 Å². The van der Waals surface area contributed by atoms with Crippen LogP contribution < -0.4 is 5.32 Å². The van der Waals surface area contributed by atoms with Crippen LogP contribution in [0, 0.1) is 5.92 Å². The van der Waals surface area contributed by atoms with Gasteiger partial charge in [0.05, 0.1) is 0 Å². The molecule has 1 fully saturated rings. The number of hydrogen-bond acceptors (Lipinski definition) is 2. The number of nitrogens with one attached hydrogen (secondary N) is 1. The maximum Gasteiger partial charge on any atom is 0.407 e. The van der Waals surface area contributed by atoms with E-state index in [2.05, 4.69) is 21.2 Å². The maximum absolute atomic E-state index is 11.6. The predicted molar refractivity (Wildman–Crippen MR) is 78.1 cm³/mol. The van der Waals surface area contributed by atoms with Crippen molar-refractivity contribution in [3.05, 3.63) is 0 Å². The molecule has 0 radical (unpaired) electrons. The minimum absolute atomic E-state index is 0.272. The third-order valence-corrected chi connectivity index (χ3v) is 3.87. The molecule has 0 unspecified atom stereocenters. The van der Waals surface area contributed by atoms with Gasteiger partial charge in [-0.05, 0) is 65.2 Å². The number of carbonyl (C=O) groups is 1. The largest absolute Gasteiger partial charge is 0.444 e. The summed E-state index contributed by atoms with van der Waals surface area (Å²) in [6.45, 7) is 5.68. The van der Waals surface area contributed by atoms with Crippen molar-refractivity contribution in [3.8, 4) is 0 Å². The van der Waals surface area contributed by atoms with E-state index in [-0.39, 0.29) is 6.09 Å². The summed E-state index contributed by atoms with van der Waals surface area (Å²) >= 11 is 3.48. The fraction of sp³-hybridized carbons (Fsp3) is 0.929. The van der Waals surface area contributed by atoms with E-state index in [1.807, 2.05) is 20.8 Å². The second-order valence-corrected chi connectivity index (χ2v) is 6.99. The molecule has 18 heavy (non-hydrogen) atoms. The molecular weight excluding hydrogens is 294 g/mol. The summed E-state index contributed by atoms with van der Waals surface area (Å²) in [7, 11) is 0. The molecular formula is C14H26BrNO2. The van der Waals surface area contributed by atoms with Crippen LogP contribution in [0.2, 0.25) is 0 Å². The van der Waals surface area contributed by atoms with Crippen LogP contribution in [0.3, 0.4) is 0 Å². The molecule has 4 heteroatoms. The summed E-state index contributed by atoms with van der Waals surface area (Å²) < 4.78 is 5.28. The zero-order chi connectivity index (χ0) is 13.6. The molecule has 0 bridgehead atoms. The summed E-state index contributed by atoms with van der Waals surface area (Å²) in [5, 5.41) is 4.08. The van der Waals surface area contributed by atoms with Gasteiger partial charge < -0.3 is 10.1 Å². The average molecular weight is 320 g/mol. The smallest absolute Gasteiger partial charge is 0.407 e. The number of halogens is 1. The number of alkyl halides is 1. The van der Waals surface area contributed by atoms with E-state index in [1.54, 1.807) is 0 Å². The van der Waals surface area contributed by atoms with Gasteiger partial charge in [0, 0.05) is 11.4 Å². The number of hydrogen-bond donors (Lipinski definition) is 1. The second kappa shape index (κ2) is 7.37. The standard InChI is InChI=1S/C14H26BrNO2/c1-14(2,3)18-13(17)16-12-8-6-11(7-9-12)5-4-10-15/h11-12H,4-10H2,1-3H3,(H,16,17). The lowest BCUT2D eigenvalue weighted by Crippen LogP contribution is -2.40. The molecule has 1 N–H and O–H groups in total.